The first-order valence-electron chi connectivity index (χ1n) is 20.1. The highest BCUT2D eigenvalue weighted by Crippen LogP contribution is 2.30. The molecule has 2 aromatic heterocycles. The number of aliphatic carboxylic acids is 1. The highest BCUT2D eigenvalue weighted by Gasteiger charge is 2.23. The number of rotatable bonds is 18. The van der Waals surface area contributed by atoms with Gasteiger partial charge in [-0.15, -0.1) is 0 Å². The highest BCUT2D eigenvalue weighted by atomic mass is 16.5. The minimum absolute atomic E-state index is 0.329. The molecule has 2 aliphatic rings. The Bertz CT molecular complexity index is 2250. The van der Waals surface area contributed by atoms with Gasteiger partial charge in [0, 0.05) is 60.6 Å². The fourth-order valence-corrected chi connectivity index (χ4v) is 6.47. The quantitative estimate of drug-likeness (QED) is 0.0531. The molecule has 6 aromatic rings. The zero-order valence-electron chi connectivity index (χ0n) is 33.1. The number of anilines is 4. The molecular formula is C47H50N8O4. The summed E-state index contributed by atoms with van der Waals surface area (Å²) >= 11 is 0. The molecule has 5 N–H and O–H groups in total. The van der Waals surface area contributed by atoms with Crippen molar-refractivity contribution in [3.8, 4) is 22.5 Å². The van der Waals surface area contributed by atoms with E-state index >= 15 is 0 Å². The number of ether oxygens (including phenoxy) is 1. The van der Waals surface area contributed by atoms with Crippen LogP contribution in [0.3, 0.4) is 0 Å². The fraction of sp³-hybridized carbons (Fsp3) is 0.277. The predicted molar refractivity (Wildman–Crippen MR) is 232 cm³/mol. The van der Waals surface area contributed by atoms with Crippen molar-refractivity contribution in [2.75, 3.05) is 41.5 Å². The van der Waals surface area contributed by atoms with E-state index in [9.17, 15) is 14.7 Å². The molecule has 2 saturated carbocycles. The number of aromatic nitrogens is 4. The number of nitrogens with one attached hydrogen (secondary N) is 4. The van der Waals surface area contributed by atoms with E-state index in [0.717, 1.165) is 69.9 Å². The Morgan fingerprint density at radius 3 is 1.44 bits per heavy atom. The van der Waals surface area contributed by atoms with Crippen LogP contribution in [0.5, 0.6) is 0 Å². The van der Waals surface area contributed by atoms with Gasteiger partial charge < -0.3 is 31.1 Å². The van der Waals surface area contributed by atoms with E-state index in [1.54, 1.807) is 6.07 Å². The van der Waals surface area contributed by atoms with Crippen molar-refractivity contribution in [2.45, 2.75) is 50.6 Å². The molecule has 0 amide bonds. The minimum Gasteiger partial charge on any atom is -0.480 e. The van der Waals surface area contributed by atoms with Crippen LogP contribution in [-0.2, 0) is 27.2 Å². The number of carboxylic acid groups (broad SMARTS) is 1. The maximum absolute atomic E-state index is 12.3. The van der Waals surface area contributed by atoms with Gasteiger partial charge in [0.05, 0.1) is 18.5 Å². The van der Waals surface area contributed by atoms with Crippen LogP contribution in [-0.4, -0.2) is 69.3 Å². The van der Waals surface area contributed by atoms with Crippen molar-refractivity contribution in [1.82, 2.24) is 19.9 Å². The van der Waals surface area contributed by atoms with Gasteiger partial charge in [-0.3, -0.25) is 0 Å². The lowest BCUT2D eigenvalue weighted by Crippen LogP contribution is -2.33. The molecular weight excluding hydrogens is 741 g/mol. The molecule has 0 saturated heterocycles. The minimum atomic E-state index is -0.917. The molecule has 0 spiro atoms. The van der Waals surface area contributed by atoms with Crippen LogP contribution in [0.1, 0.15) is 36.8 Å². The van der Waals surface area contributed by atoms with Crippen LogP contribution in [0.2, 0.25) is 0 Å². The molecule has 2 aliphatic carbocycles. The number of hydrogen-bond donors (Lipinski definition) is 5. The Morgan fingerprint density at radius 2 is 1.03 bits per heavy atom. The van der Waals surface area contributed by atoms with Gasteiger partial charge in [-0.2, -0.15) is 0 Å². The van der Waals surface area contributed by atoms with Gasteiger partial charge in [-0.05, 0) is 72.9 Å². The lowest BCUT2D eigenvalue weighted by Gasteiger charge is -2.17. The Morgan fingerprint density at radius 1 is 0.610 bits per heavy atom. The Kier molecular flexibility index (Phi) is 13.7. The van der Waals surface area contributed by atoms with Crippen molar-refractivity contribution in [3.63, 3.8) is 0 Å². The molecule has 0 bridgehead atoms. The number of benzene rings is 4. The van der Waals surface area contributed by atoms with E-state index in [4.69, 9.17) is 4.74 Å². The first-order valence-corrected chi connectivity index (χ1v) is 20.1. The van der Waals surface area contributed by atoms with Gasteiger partial charge >= 0.3 is 11.9 Å². The molecule has 4 aromatic carbocycles. The van der Waals surface area contributed by atoms with Crippen molar-refractivity contribution in [3.05, 3.63) is 145 Å². The second-order valence-electron chi connectivity index (χ2n) is 15.0. The molecule has 59 heavy (non-hydrogen) atoms. The van der Waals surface area contributed by atoms with E-state index in [2.05, 4.69) is 53.3 Å². The average molecular weight is 791 g/mol. The largest absolute Gasteiger partial charge is 0.480 e. The summed E-state index contributed by atoms with van der Waals surface area (Å²) in [6.45, 7) is 2.07. The molecule has 8 rings (SSSR count). The standard InChI is InChI=1S/C24H26N4O2.C23H24N4O2/c1-30-24(29)22(13-17-5-3-2-4-6-17)28-23-14-21(26-16-27-23)19-9-11-20(12-10-19)25-15-18-7-8-18;28-23(29)21(12-16-4-2-1-3-5-16)27-22-13-20(25-15-26-22)18-8-10-19(11-9-18)24-14-17-6-7-17/h2-6,9-12,14,16,18,22,25H,7-8,13,15H2,1H3,(H,26,27,28);1-5,8-11,13,15,17,21,24H,6-7,12,14H2,(H,28,29)(H,25,26,27). The smallest absolute Gasteiger partial charge is 0.328 e. The summed E-state index contributed by atoms with van der Waals surface area (Å²) in [4.78, 5) is 41.2. The summed E-state index contributed by atoms with van der Waals surface area (Å²) in [5.74, 6) is 1.49. The third-order valence-electron chi connectivity index (χ3n) is 10.3. The number of esters is 1. The molecule has 0 radical (unpaired) electrons. The summed E-state index contributed by atoms with van der Waals surface area (Å²) in [6, 6.07) is 38.1. The zero-order valence-corrected chi connectivity index (χ0v) is 33.1. The summed E-state index contributed by atoms with van der Waals surface area (Å²) < 4.78 is 4.98. The third-order valence-corrected chi connectivity index (χ3v) is 10.3. The Labute approximate surface area is 344 Å². The molecule has 12 heteroatoms. The Hall–Kier alpha value is -6.82. The second-order valence-corrected chi connectivity index (χ2v) is 15.0. The van der Waals surface area contributed by atoms with Crippen molar-refractivity contribution < 1.29 is 19.4 Å². The predicted octanol–water partition coefficient (Wildman–Crippen LogP) is 8.24. The molecule has 2 fully saturated rings. The van der Waals surface area contributed by atoms with Gasteiger partial charge in [0.15, 0.2) is 0 Å². The monoisotopic (exact) mass is 790 g/mol. The number of nitrogens with zero attached hydrogens (tertiary/aromatic N) is 4. The number of methoxy groups -OCH3 is 1. The van der Waals surface area contributed by atoms with Crippen LogP contribution in [0.4, 0.5) is 23.0 Å². The number of carbonyl (C=O) groups excluding carboxylic acids is 1. The van der Waals surface area contributed by atoms with E-state index < -0.39 is 18.1 Å². The first-order chi connectivity index (χ1) is 28.9. The molecule has 0 aliphatic heterocycles. The van der Waals surface area contributed by atoms with E-state index in [-0.39, 0.29) is 5.97 Å². The van der Waals surface area contributed by atoms with Gasteiger partial charge in [0.1, 0.15) is 36.4 Å². The van der Waals surface area contributed by atoms with Crippen LogP contribution in [0.15, 0.2) is 134 Å². The van der Waals surface area contributed by atoms with Crippen molar-refractivity contribution in [1.29, 1.82) is 0 Å². The third kappa shape index (κ3) is 12.6. The maximum Gasteiger partial charge on any atom is 0.328 e. The molecule has 2 atom stereocenters. The van der Waals surface area contributed by atoms with Crippen LogP contribution in [0, 0.1) is 11.8 Å². The fourth-order valence-electron chi connectivity index (χ4n) is 6.47. The molecule has 2 heterocycles. The van der Waals surface area contributed by atoms with Crippen LogP contribution in [0.25, 0.3) is 22.5 Å². The number of carboxylic acids is 1. The summed E-state index contributed by atoms with van der Waals surface area (Å²) in [5.41, 5.74) is 7.72. The van der Waals surface area contributed by atoms with E-state index in [1.165, 1.54) is 45.4 Å². The van der Waals surface area contributed by atoms with Gasteiger partial charge in [0.2, 0.25) is 0 Å². The average Bonchev–Trinajstić information content (AvgIpc) is 4.23. The number of carbonyl (C=O) groups is 2. The number of hydrogen-bond acceptors (Lipinski definition) is 11. The topological polar surface area (TPSA) is 163 Å². The Balaban J connectivity index is 0.000000179. The van der Waals surface area contributed by atoms with Gasteiger partial charge in [-0.1, -0.05) is 84.9 Å². The molecule has 302 valence electrons. The second kappa shape index (κ2) is 20.0. The highest BCUT2D eigenvalue weighted by molar-refractivity contribution is 5.80. The van der Waals surface area contributed by atoms with Crippen LogP contribution >= 0.6 is 0 Å². The summed E-state index contributed by atoms with van der Waals surface area (Å²) in [5, 5.41) is 22.7. The summed E-state index contributed by atoms with van der Waals surface area (Å²) in [7, 11) is 1.40. The lowest BCUT2D eigenvalue weighted by molar-refractivity contribution is -0.141. The van der Waals surface area contributed by atoms with Crippen LogP contribution < -0.4 is 21.3 Å². The SMILES string of the molecule is COC(=O)C(Cc1ccccc1)Nc1cc(-c2ccc(NCC3CC3)cc2)ncn1.O=C(O)C(Cc1ccccc1)Nc1cc(-c2ccc(NCC3CC3)cc2)ncn1. The maximum atomic E-state index is 12.3. The van der Waals surface area contributed by atoms with Crippen molar-refractivity contribution in [2.24, 2.45) is 11.8 Å². The van der Waals surface area contributed by atoms with Gasteiger partial charge in [0.25, 0.3) is 0 Å². The normalized spacial score (nSPS) is 14.1. The zero-order chi connectivity index (χ0) is 40.8. The first kappa shape index (κ1) is 40.4. The lowest BCUT2D eigenvalue weighted by atomic mass is 10.1. The van der Waals surface area contributed by atoms with E-state index in [0.29, 0.717) is 24.5 Å². The van der Waals surface area contributed by atoms with Gasteiger partial charge in [-0.25, -0.2) is 29.5 Å². The summed E-state index contributed by atoms with van der Waals surface area (Å²) in [6.07, 6.45) is 9.15. The molecule has 2 unspecified atom stereocenters. The van der Waals surface area contributed by atoms with E-state index in [1.807, 2.05) is 103 Å². The molecule has 12 nitrogen and oxygen atoms in total. The van der Waals surface area contributed by atoms with Crippen molar-refractivity contribution >= 4 is 34.9 Å².